The molecule has 12 heteroatoms. The lowest BCUT2D eigenvalue weighted by Crippen LogP contribution is -2.80. The van der Waals surface area contributed by atoms with Gasteiger partial charge < -0.3 is 16.5 Å². The first-order valence-corrected chi connectivity index (χ1v) is 21.8. The van der Waals surface area contributed by atoms with Gasteiger partial charge in [0.25, 0.3) is 0 Å². The molecule has 0 amide bonds. The van der Waals surface area contributed by atoms with E-state index in [4.69, 9.17) is 16.5 Å². The van der Waals surface area contributed by atoms with Gasteiger partial charge in [0, 0.05) is 0 Å². The third kappa shape index (κ3) is 6.40. The Labute approximate surface area is 203 Å². The van der Waals surface area contributed by atoms with Gasteiger partial charge in [-0.05, 0) is 78.5 Å². The summed E-state index contributed by atoms with van der Waals surface area (Å²) in [6, 6.07) is 0. The van der Waals surface area contributed by atoms with E-state index in [1.54, 1.807) is 0 Å². The van der Waals surface area contributed by atoms with Gasteiger partial charge in [-0.2, -0.15) is 0 Å². The molecule has 8 nitrogen and oxygen atoms in total. The maximum atomic E-state index is 7.24. The molecule has 0 aliphatic carbocycles. The van der Waals surface area contributed by atoms with E-state index in [0.29, 0.717) is 0 Å². The molecule has 0 radical (unpaired) electrons. The van der Waals surface area contributed by atoms with Crippen LogP contribution in [0.4, 0.5) is 0 Å². The molecule has 1 fully saturated rings. The number of rotatable bonds is 12. The first-order chi connectivity index (χ1) is 14.9. The van der Waals surface area contributed by atoms with Crippen molar-refractivity contribution in [1.82, 2.24) is 18.3 Å². The summed E-state index contributed by atoms with van der Waals surface area (Å²) in [7, 11) is -11.2. The summed E-state index contributed by atoms with van der Waals surface area (Å²) in [6.45, 7) is 33.4. The van der Waals surface area contributed by atoms with Gasteiger partial charge in [0.1, 0.15) is 0 Å². The van der Waals surface area contributed by atoms with E-state index in [2.05, 4.69) is 99.8 Å². The van der Waals surface area contributed by atoms with Gasteiger partial charge in [0.2, 0.25) is 0 Å². The van der Waals surface area contributed by atoms with Crippen molar-refractivity contribution in [2.75, 3.05) is 52.4 Å². The zero-order chi connectivity index (χ0) is 24.8. The zero-order valence-corrected chi connectivity index (χ0v) is 27.1. The molecule has 192 valence electrons. The number of hydrogen-bond acceptors (Lipinski definition) is 8. The van der Waals surface area contributed by atoms with Crippen molar-refractivity contribution < 1.29 is 16.5 Å². The molecule has 1 saturated heterocycles. The molecule has 0 atom stereocenters. The Morgan fingerprint density at radius 3 is 0.562 bits per heavy atom. The molecular formula is C20H52N4O4Si4. The van der Waals surface area contributed by atoms with Crippen LogP contribution in [-0.2, 0) is 16.5 Å². The average Bonchev–Trinajstić information content (AvgIpc) is 2.69. The summed E-state index contributed by atoms with van der Waals surface area (Å²) in [5, 5.41) is 0. The SMILES string of the molecule is CCN(CC)[Si]1(C)O[Si](C)(N(CC)CC)O[Si](C)(N(CC)CC)O[Si](C)(N(CC)CC)O1. The lowest BCUT2D eigenvalue weighted by Gasteiger charge is -2.56. The molecule has 0 aromatic heterocycles. The van der Waals surface area contributed by atoms with E-state index in [0.717, 1.165) is 52.4 Å². The first-order valence-electron chi connectivity index (χ1n) is 12.7. The van der Waals surface area contributed by atoms with Crippen LogP contribution in [0, 0.1) is 0 Å². The minimum absolute atomic E-state index is 0.884. The quantitative estimate of drug-likeness (QED) is 0.358. The molecule has 1 aliphatic rings. The summed E-state index contributed by atoms with van der Waals surface area (Å²) in [5.74, 6) is 0. The number of hydrogen-bond donors (Lipinski definition) is 0. The second kappa shape index (κ2) is 12.5. The summed E-state index contributed by atoms with van der Waals surface area (Å²) in [6.07, 6.45) is 0. The summed E-state index contributed by atoms with van der Waals surface area (Å²) >= 11 is 0. The Morgan fingerprint density at radius 1 is 0.344 bits per heavy atom. The van der Waals surface area contributed by atoms with Gasteiger partial charge in [0.15, 0.2) is 0 Å². The maximum Gasteiger partial charge on any atom is 0.408 e. The molecule has 1 heterocycles. The van der Waals surface area contributed by atoms with E-state index in [-0.39, 0.29) is 0 Å². The Morgan fingerprint density at radius 2 is 0.469 bits per heavy atom. The van der Waals surface area contributed by atoms with E-state index >= 15 is 0 Å². The predicted octanol–water partition coefficient (Wildman–Crippen LogP) is 3.71. The third-order valence-corrected chi connectivity index (χ3v) is 26.1. The van der Waals surface area contributed by atoms with Crippen LogP contribution < -0.4 is 0 Å². The predicted molar refractivity (Wildman–Crippen MR) is 142 cm³/mol. The van der Waals surface area contributed by atoms with Gasteiger partial charge in [-0.25, -0.2) is 0 Å². The maximum absolute atomic E-state index is 7.24. The Bertz CT molecular complexity index is 458. The monoisotopic (exact) mass is 524 g/mol. The van der Waals surface area contributed by atoms with E-state index < -0.39 is 34.9 Å². The zero-order valence-electron chi connectivity index (χ0n) is 23.1. The van der Waals surface area contributed by atoms with Crippen LogP contribution in [0.15, 0.2) is 0 Å². The van der Waals surface area contributed by atoms with Crippen molar-refractivity contribution >= 4 is 34.9 Å². The van der Waals surface area contributed by atoms with Gasteiger partial charge in [-0.1, -0.05) is 55.4 Å². The molecule has 0 saturated carbocycles. The van der Waals surface area contributed by atoms with Gasteiger partial charge in [-0.15, -0.1) is 0 Å². The highest BCUT2D eigenvalue weighted by Gasteiger charge is 2.63. The largest absolute Gasteiger partial charge is 0.408 e. The minimum Gasteiger partial charge on any atom is -0.391 e. The average molecular weight is 525 g/mol. The second-order valence-corrected chi connectivity index (χ2v) is 21.7. The molecule has 0 N–H and O–H groups in total. The highest BCUT2D eigenvalue weighted by atomic mass is 28.5. The minimum atomic E-state index is -2.80. The van der Waals surface area contributed by atoms with Crippen molar-refractivity contribution in [1.29, 1.82) is 0 Å². The molecule has 0 spiro atoms. The van der Waals surface area contributed by atoms with Gasteiger partial charge in [-0.3, -0.25) is 18.3 Å². The molecule has 0 bridgehead atoms. The Hall–Kier alpha value is 0.548. The molecule has 0 unspecified atom stereocenters. The van der Waals surface area contributed by atoms with Crippen LogP contribution in [0.2, 0.25) is 26.2 Å². The lowest BCUT2D eigenvalue weighted by molar-refractivity contribution is 0.106. The molecule has 0 aromatic carbocycles. The summed E-state index contributed by atoms with van der Waals surface area (Å²) in [4.78, 5) is 0. The highest BCUT2D eigenvalue weighted by molar-refractivity contribution is 6.91. The van der Waals surface area contributed by atoms with Crippen LogP contribution in [0.5, 0.6) is 0 Å². The van der Waals surface area contributed by atoms with Crippen LogP contribution >= 0.6 is 0 Å². The fourth-order valence-corrected chi connectivity index (χ4v) is 27.3. The van der Waals surface area contributed by atoms with E-state index in [1.807, 2.05) is 0 Å². The van der Waals surface area contributed by atoms with Crippen LogP contribution in [0.25, 0.3) is 0 Å². The van der Waals surface area contributed by atoms with Crippen molar-refractivity contribution in [3.63, 3.8) is 0 Å². The number of nitrogens with zero attached hydrogens (tertiary/aromatic N) is 4. The van der Waals surface area contributed by atoms with E-state index in [9.17, 15) is 0 Å². The molecular weight excluding hydrogens is 473 g/mol. The first kappa shape index (κ1) is 30.6. The van der Waals surface area contributed by atoms with E-state index in [1.165, 1.54) is 0 Å². The summed E-state index contributed by atoms with van der Waals surface area (Å²) < 4.78 is 38.6. The fraction of sp³-hybridized carbons (Fsp3) is 1.00. The summed E-state index contributed by atoms with van der Waals surface area (Å²) in [5.41, 5.74) is 0. The molecule has 32 heavy (non-hydrogen) atoms. The van der Waals surface area contributed by atoms with Crippen LogP contribution in [0.3, 0.4) is 0 Å². The smallest absolute Gasteiger partial charge is 0.391 e. The van der Waals surface area contributed by atoms with Crippen LogP contribution in [-0.4, -0.2) is 106 Å². The van der Waals surface area contributed by atoms with Gasteiger partial charge in [0.05, 0.1) is 0 Å². The Kier molecular flexibility index (Phi) is 11.9. The standard InChI is InChI=1S/C20H52N4O4Si4/c1-13-21(14-2)29(9)25-30(10,22(15-3)16-4)27-32(12,24(19-7)20-8)28-31(11,26-29)23(17-5)18-6/h13-20H2,1-12H3. The topological polar surface area (TPSA) is 49.9 Å². The fourth-order valence-electron chi connectivity index (χ4n) is 5.20. The molecule has 1 rings (SSSR count). The normalized spacial score (nSPS) is 34.5. The lowest BCUT2D eigenvalue weighted by atomic mass is 10.7. The van der Waals surface area contributed by atoms with Crippen molar-refractivity contribution in [3.05, 3.63) is 0 Å². The van der Waals surface area contributed by atoms with Crippen molar-refractivity contribution in [2.24, 2.45) is 0 Å². The van der Waals surface area contributed by atoms with Gasteiger partial charge >= 0.3 is 34.9 Å². The molecule has 1 aliphatic heterocycles. The second-order valence-electron chi connectivity index (χ2n) is 8.69. The van der Waals surface area contributed by atoms with Crippen LogP contribution in [0.1, 0.15) is 55.4 Å². The van der Waals surface area contributed by atoms with Crippen molar-refractivity contribution in [2.45, 2.75) is 81.6 Å². The van der Waals surface area contributed by atoms with Crippen molar-refractivity contribution in [3.8, 4) is 0 Å². The molecule has 0 aromatic rings. The Balaban J connectivity index is 3.77. The third-order valence-electron chi connectivity index (χ3n) is 6.87. The highest BCUT2D eigenvalue weighted by Crippen LogP contribution is 2.36.